The molecule has 3 heterocycles. The molecule has 0 aliphatic rings. The van der Waals surface area contributed by atoms with Gasteiger partial charge >= 0.3 is 0 Å². The zero-order chi connectivity index (χ0) is 15.8. The Bertz CT molecular complexity index is 1080. The van der Waals surface area contributed by atoms with Crippen LogP contribution in [0.1, 0.15) is 11.3 Å². The first kappa shape index (κ1) is 13.6. The van der Waals surface area contributed by atoms with Crippen LogP contribution in [0.15, 0.2) is 59.9 Å². The molecule has 4 rings (SSSR count). The average Bonchev–Trinajstić information content (AvgIpc) is 2.57. The van der Waals surface area contributed by atoms with Gasteiger partial charge < -0.3 is 4.57 Å². The SMILES string of the molecule is Cc1cc(Cn2ccc3ncncc3c2=O)c2ccccc2n1. The molecule has 3 aromatic heterocycles. The van der Waals surface area contributed by atoms with Crippen molar-refractivity contribution in [2.75, 3.05) is 0 Å². The smallest absolute Gasteiger partial charge is 0.261 e. The van der Waals surface area contributed by atoms with Crippen LogP contribution in [0, 0.1) is 6.92 Å². The summed E-state index contributed by atoms with van der Waals surface area (Å²) in [6.45, 7) is 2.46. The summed E-state index contributed by atoms with van der Waals surface area (Å²) >= 11 is 0. The fourth-order valence-electron chi connectivity index (χ4n) is 2.85. The van der Waals surface area contributed by atoms with E-state index in [1.54, 1.807) is 17.0 Å². The van der Waals surface area contributed by atoms with E-state index < -0.39 is 0 Å². The van der Waals surface area contributed by atoms with Crippen molar-refractivity contribution < 1.29 is 0 Å². The highest BCUT2D eigenvalue weighted by molar-refractivity contribution is 5.82. The number of aromatic nitrogens is 4. The number of fused-ring (bicyclic) bond motifs is 2. The van der Waals surface area contributed by atoms with E-state index in [4.69, 9.17) is 0 Å². The van der Waals surface area contributed by atoms with E-state index in [-0.39, 0.29) is 5.56 Å². The lowest BCUT2D eigenvalue weighted by molar-refractivity contribution is 0.770. The summed E-state index contributed by atoms with van der Waals surface area (Å²) in [7, 11) is 0. The molecule has 0 spiro atoms. The first-order chi connectivity index (χ1) is 11.2. The van der Waals surface area contributed by atoms with Crippen LogP contribution in [0.2, 0.25) is 0 Å². The molecule has 0 bridgehead atoms. The third kappa shape index (κ3) is 2.36. The zero-order valence-electron chi connectivity index (χ0n) is 12.6. The van der Waals surface area contributed by atoms with Crippen LogP contribution >= 0.6 is 0 Å². The van der Waals surface area contributed by atoms with Crippen LogP contribution in [0.25, 0.3) is 21.8 Å². The zero-order valence-corrected chi connectivity index (χ0v) is 12.6. The maximum absolute atomic E-state index is 12.6. The molecule has 0 radical (unpaired) electrons. The minimum Gasteiger partial charge on any atom is -0.310 e. The summed E-state index contributed by atoms with van der Waals surface area (Å²) in [5, 5.41) is 1.60. The molecule has 0 aliphatic carbocycles. The number of nitrogens with zero attached hydrogens (tertiary/aromatic N) is 4. The van der Waals surface area contributed by atoms with Crippen molar-refractivity contribution in [3.63, 3.8) is 0 Å². The van der Waals surface area contributed by atoms with Crippen LogP contribution in [0.5, 0.6) is 0 Å². The summed E-state index contributed by atoms with van der Waals surface area (Å²) in [4.78, 5) is 25.2. The van der Waals surface area contributed by atoms with Crippen molar-refractivity contribution in [2.45, 2.75) is 13.5 Å². The number of para-hydroxylation sites is 1. The van der Waals surface area contributed by atoms with Crippen LogP contribution in [-0.4, -0.2) is 19.5 Å². The maximum atomic E-state index is 12.6. The molecule has 4 aromatic rings. The molecular weight excluding hydrogens is 288 g/mol. The van der Waals surface area contributed by atoms with Crippen molar-refractivity contribution in [3.8, 4) is 0 Å². The van der Waals surface area contributed by atoms with Gasteiger partial charge in [0, 0.05) is 23.5 Å². The quantitative estimate of drug-likeness (QED) is 0.571. The van der Waals surface area contributed by atoms with Gasteiger partial charge in [0.2, 0.25) is 0 Å². The van der Waals surface area contributed by atoms with E-state index in [1.165, 1.54) is 6.33 Å². The van der Waals surface area contributed by atoms with Gasteiger partial charge in [-0.15, -0.1) is 0 Å². The number of benzene rings is 1. The lowest BCUT2D eigenvalue weighted by Gasteiger charge is -2.10. The Labute approximate surface area is 132 Å². The fourth-order valence-corrected chi connectivity index (χ4v) is 2.85. The molecule has 112 valence electrons. The lowest BCUT2D eigenvalue weighted by Crippen LogP contribution is -2.20. The second kappa shape index (κ2) is 5.28. The first-order valence-electron chi connectivity index (χ1n) is 7.37. The van der Waals surface area contributed by atoms with Gasteiger partial charge in [-0.3, -0.25) is 9.78 Å². The molecule has 0 amide bonds. The highest BCUT2D eigenvalue weighted by Crippen LogP contribution is 2.19. The first-order valence-corrected chi connectivity index (χ1v) is 7.37. The molecule has 0 unspecified atom stereocenters. The molecule has 0 saturated carbocycles. The number of hydrogen-bond donors (Lipinski definition) is 0. The van der Waals surface area contributed by atoms with Gasteiger partial charge in [0.25, 0.3) is 5.56 Å². The van der Waals surface area contributed by atoms with Gasteiger partial charge in [-0.1, -0.05) is 18.2 Å². The Kier molecular flexibility index (Phi) is 3.12. The predicted octanol–water partition coefficient (Wildman–Crippen LogP) is 2.70. The monoisotopic (exact) mass is 302 g/mol. The largest absolute Gasteiger partial charge is 0.310 e. The summed E-state index contributed by atoms with van der Waals surface area (Å²) < 4.78 is 1.69. The van der Waals surface area contributed by atoms with E-state index in [0.29, 0.717) is 17.4 Å². The molecule has 5 heteroatoms. The summed E-state index contributed by atoms with van der Waals surface area (Å²) in [5.41, 5.74) is 3.54. The van der Waals surface area contributed by atoms with Gasteiger partial charge in [0.15, 0.2) is 0 Å². The number of aryl methyl sites for hydroxylation is 1. The Balaban J connectivity index is 1.88. The second-order valence-electron chi connectivity index (χ2n) is 5.51. The van der Waals surface area contributed by atoms with Crippen LogP contribution in [0.4, 0.5) is 0 Å². The van der Waals surface area contributed by atoms with E-state index >= 15 is 0 Å². The van der Waals surface area contributed by atoms with E-state index in [1.807, 2.05) is 43.3 Å². The molecule has 5 nitrogen and oxygen atoms in total. The number of rotatable bonds is 2. The van der Waals surface area contributed by atoms with Crippen molar-refractivity contribution in [3.05, 3.63) is 76.7 Å². The van der Waals surface area contributed by atoms with E-state index in [2.05, 4.69) is 15.0 Å². The fraction of sp³-hybridized carbons (Fsp3) is 0.111. The van der Waals surface area contributed by atoms with Gasteiger partial charge in [0.05, 0.1) is 23.0 Å². The number of pyridine rings is 2. The third-order valence-corrected chi connectivity index (χ3v) is 3.92. The van der Waals surface area contributed by atoms with Crippen molar-refractivity contribution in [1.29, 1.82) is 0 Å². The van der Waals surface area contributed by atoms with E-state index in [0.717, 1.165) is 22.2 Å². The van der Waals surface area contributed by atoms with Gasteiger partial charge in [-0.05, 0) is 30.7 Å². The summed E-state index contributed by atoms with van der Waals surface area (Å²) in [6, 6.07) is 11.8. The summed E-state index contributed by atoms with van der Waals surface area (Å²) in [6.07, 6.45) is 4.80. The minimum absolute atomic E-state index is 0.0818. The van der Waals surface area contributed by atoms with E-state index in [9.17, 15) is 4.79 Å². The maximum Gasteiger partial charge on any atom is 0.261 e. The topological polar surface area (TPSA) is 60.7 Å². The molecule has 0 atom stereocenters. The second-order valence-corrected chi connectivity index (χ2v) is 5.51. The Morgan fingerprint density at radius 3 is 2.87 bits per heavy atom. The molecule has 0 fully saturated rings. The van der Waals surface area contributed by atoms with Gasteiger partial charge in [-0.25, -0.2) is 9.97 Å². The predicted molar refractivity (Wildman–Crippen MR) is 89.4 cm³/mol. The van der Waals surface area contributed by atoms with Crippen molar-refractivity contribution >= 4 is 21.8 Å². The summed E-state index contributed by atoms with van der Waals surface area (Å²) in [5.74, 6) is 0. The van der Waals surface area contributed by atoms with Gasteiger partial charge in [0.1, 0.15) is 6.33 Å². The van der Waals surface area contributed by atoms with Crippen LogP contribution in [-0.2, 0) is 6.54 Å². The number of hydrogen-bond acceptors (Lipinski definition) is 4. The molecule has 0 N–H and O–H groups in total. The molecular formula is C18H14N4O. The standard InChI is InChI=1S/C18H14N4O/c1-12-8-13(14-4-2-3-5-17(14)21-12)10-22-7-6-16-15(18(22)23)9-19-11-20-16/h2-9,11H,10H2,1H3. The van der Waals surface area contributed by atoms with Crippen molar-refractivity contribution in [2.24, 2.45) is 0 Å². The normalized spacial score (nSPS) is 11.2. The molecule has 1 aromatic carbocycles. The minimum atomic E-state index is -0.0818. The third-order valence-electron chi connectivity index (χ3n) is 3.92. The molecule has 0 aliphatic heterocycles. The average molecular weight is 302 g/mol. The highest BCUT2D eigenvalue weighted by Gasteiger charge is 2.08. The van der Waals surface area contributed by atoms with Crippen LogP contribution in [0.3, 0.4) is 0 Å². The van der Waals surface area contributed by atoms with Crippen molar-refractivity contribution in [1.82, 2.24) is 19.5 Å². The Morgan fingerprint density at radius 2 is 1.96 bits per heavy atom. The molecule has 23 heavy (non-hydrogen) atoms. The Morgan fingerprint density at radius 1 is 1.09 bits per heavy atom. The molecule has 0 saturated heterocycles. The van der Waals surface area contributed by atoms with Crippen LogP contribution < -0.4 is 5.56 Å². The Hall–Kier alpha value is -3.08. The van der Waals surface area contributed by atoms with Gasteiger partial charge in [-0.2, -0.15) is 0 Å². The lowest BCUT2D eigenvalue weighted by atomic mass is 10.1. The highest BCUT2D eigenvalue weighted by atomic mass is 16.1.